The summed E-state index contributed by atoms with van der Waals surface area (Å²) >= 11 is 6.07. The molecule has 1 atom stereocenters. The molecule has 0 aliphatic carbocycles. The molecule has 2 aromatic carbocycles. The van der Waals surface area contributed by atoms with Crippen LogP contribution >= 0.6 is 11.6 Å². The average molecular weight is 415 g/mol. The molecule has 2 amide bonds. The Morgan fingerprint density at radius 2 is 1.76 bits per heavy atom. The highest BCUT2D eigenvalue weighted by molar-refractivity contribution is 6.30. The van der Waals surface area contributed by atoms with E-state index in [1.807, 2.05) is 50.2 Å². The van der Waals surface area contributed by atoms with Crippen LogP contribution in [0.15, 0.2) is 48.5 Å². The van der Waals surface area contributed by atoms with Gasteiger partial charge in [-0.1, -0.05) is 74.3 Å². The maximum atomic E-state index is 13.2. The van der Waals surface area contributed by atoms with E-state index < -0.39 is 6.04 Å². The van der Waals surface area contributed by atoms with Crippen molar-refractivity contribution < 1.29 is 9.59 Å². The van der Waals surface area contributed by atoms with Crippen LogP contribution in [0.25, 0.3) is 0 Å². The zero-order valence-corrected chi connectivity index (χ0v) is 18.5. The third kappa shape index (κ3) is 7.21. The Kier molecular flexibility index (Phi) is 8.71. The first-order valence-corrected chi connectivity index (χ1v) is 10.5. The lowest BCUT2D eigenvalue weighted by molar-refractivity contribution is -0.141. The van der Waals surface area contributed by atoms with E-state index in [2.05, 4.69) is 19.2 Å². The van der Waals surface area contributed by atoms with Gasteiger partial charge in [0.15, 0.2) is 0 Å². The van der Waals surface area contributed by atoms with E-state index in [1.165, 1.54) is 0 Å². The minimum absolute atomic E-state index is 0.0839. The SMILES string of the molecule is CCC(C(=O)NCC(C)C)N(Cc1ccc(C)cc1)C(=O)Cc1cccc(Cl)c1. The fraction of sp³-hybridized carbons (Fsp3) is 0.417. The maximum absolute atomic E-state index is 13.2. The molecule has 0 saturated heterocycles. The summed E-state index contributed by atoms with van der Waals surface area (Å²) in [5.74, 6) is 0.163. The number of halogens is 1. The lowest BCUT2D eigenvalue weighted by Gasteiger charge is -2.31. The van der Waals surface area contributed by atoms with Crippen molar-refractivity contribution in [3.05, 3.63) is 70.2 Å². The number of nitrogens with zero attached hydrogens (tertiary/aromatic N) is 1. The zero-order chi connectivity index (χ0) is 21.4. The molecule has 0 aliphatic heterocycles. The lowest BCUT2D eigenvalue weighted by atomic mass is 10.1. The molecule has 156 valence electrons. The third-order valence-electron chi connectivity index (χ3n) is 4.79. The second-order valence-electron chi connectivity index (χ2n) is 7.88. The molecular weight excluding hydrogens is 384 g/mol. The van der Waals surface area contributed by atoms with Gasteiger partial charge in [0.25, 0.3) is 0 Å². The van der Waals surface area contributed by atoms with E-state index in [4.69, 9.17) is 11.6 Å². The van der Waals surface area contributed by atoms with Gasteiger partial charge < -0.3 is 10.2 Å². The molecule has 0 aliphatic rings. The Bertz CT molecular complexity index is 818. The van der Waals surface area contributed by atoms with Gasteiger partial charge in [0.1, 0.15) is 6.04 Å². The molecule has 29 heavy (non-hydrogen) atoms. The van der Waals surface area contributed by atoms with E-state index in [0.717, 1.165) is 16.7 Å². The predicted octanol–water partition coefficient (Wildman–Crippen LogP) is 4.77. The fourth-order valence-electron chi connectivity index (χ4n) is 3.16. The molecule has 1 unspecified atom stereocenters. The van der Waals surface area contributed by atoms with Crippen LogP contribution in [0.3, 0.4) is 0 Å². The highest BCUT2D eigenvalue weighted by atomic mass is 35.5. The van der Waals surface area contributed by atoms with E-state index in [1.54, 1.807) is 17.0 Å². The molecule has 0 saturated carbocycles. The Hall–Kier alpha value is -2.33. The minimum atomic E-state index is -0.512. The van der Waals surface area contributed by atoms with Crippen LogP contribution < -0.4 is 5.32 Å². The smallest absolute Gasteiger partial charge is 0.242 e. The second-order valence-corrected chi connectivity index (χ2v) is 8.31. The molecule has 0 fully saturated rings. The van der Waals surface area contributed by atoms with Crippen LogP contribution in [-0.4, -0.2) is 29.3 Å². The molecule has 0 aromatic heterocycles. The summed E-state index contributed by atoms with van der Waals surface area (Å²) in [6, 6.07) is 14.8. The van der Waals surface area contributed by atoms with Crippen LogP contribution in [0.1, 0.15) is 43.9 Å². The molecule has 0 heterocycles. The highest BCUT2D eigenvalue weighted by Crippen LogP contribution is 2.17. The van der Waals surface area contributed by atoms with Gasteiger partial charge in [-0.15, -0.1) is 0 Å². The van der Waals surface area contributed by atoms with E-state index in [-0.39, 0.29) is 18.2 Å². The molecule has 4 nitrogen and oxygen atoms in total. The van der Waals surface area contributed by atoms with E-state index in [0.29, 0.717) is 30.5 Å². The van der Waals surface area contributed by atoms with Crippen molar-refractivity contribution in [2.24, 2.45) is 5.92 Å². The van der Waals surface area contributed by atoms with Gasteiger partial charge in [0.2, 0.25) is 11.8 Å². The standard InChI is InChI=1S/C24H31ClN2O2/c1-5-22(24(29)26-15-17(2)3)27(16-19-11-9-18(4)10-12-19)23(28)14-20-7-6-8-21(25)13-20/h6-13,17,22H,5,14-16H2,1-4H3,(H,26,29). The van der Waals surface area contributed by atoms with Crippen molar-refractivity contribution in [3.63, 3.8) is 0 Å². The number of hydrogen-bond donors (Lipinski definition) is 1. The van der Waals surface area contributed by atoms with Crippen LogP contribution in [0.4, 0.5) is 0 Å². The quantitative estimate of drug-likeness (QED) is 0.642. The van der Waals surface area contributed by atoms with Crippen molar-refractivity contribution in [2.45, 2.75) is 53.1 Å². The first kappa shape index (κ1) is 23.0. The van der Waals surface area contributed by atoms with Gasteiger partial charge in [-0.2, -0.15) is 0 Å². The van der Waals surface area contributed by atoms with E-state index >= 15 is 0 Å². The molecule has 5 heteroatoms. The van der Waals surface area contributed by atoms with Gasteiger partial charge >= 0.3 is 0 Å². The number of benzene rings is 2. The predicted molar refractivity (Wildman–Crippen MR) is 119 cm³/mol. The summed E-state index contributed by atoms with van der Waals surface area (Å²) in [5, 5.41) is 3.58. The molecule has 0 radical (unpaired) electrons. The van der Waals surface area contributed by atoms with Crippen molar-refractivity contribution in [1.29, 1.82) is 0 Å². The van der Waals surface area contributed by atoms with Gasteiger partial charge in [-0.05, 0) is 42.5 Å². The monoisotopic (exact) mass is 414 g/mol. The first-order chi connectivity index (χ1) is 13.8. The van der Waals surface area contributed by atoms with E-state index in [9.17, 15) is 9.59 Å². The van der Waals surface area contributed by atoms with Crippen LogP contribution in [0.5, 0.6) is 0 Å². The summed E-state index contributed by atoms with van der Waals surface area (Å²) in [7, 11) is 0. The molecule has 2 aromatic rings. The van der Waals surface area contributed by atoms with Crippen molar-refractivity contribution in [2.75, 3.05) is 6.54 Å². The van der Waals surface area contributed by atoms with Crippen molar-refractivity contribution in [1.82, 2.24) is 10.2 Å². The number of amides is 2. The van der Waals surface area contributed by atoms with Crippen LogP contribution in [0.2, 0.25) is 5.02 Å². The number of carbonyl (C=O) groups is 2. The summed E-state index contributed by atoms with van der Waals surface area (Å²) in [4.78, 5) is 27.8. The average Bonchev–Trinajstić information content (AvgIpc) is 2.67. The number of rotatable bonds is 9. The molecular formula is C24H31ClN2O2. The number of hydrogen-bond acceptors (Lipinski definition) is 2. The molecule has 1 N–H and O–H groups in total. The second kappa shape index (κ2) is 11.0. The summed E-state index contributed by atoms with van der Waals surface area (Å²) < 4.78 is 0. The summed E-state index contributed by atoms with van der Waals surface area (Å²) in [5.41, 5.74) is 3.01. The number of nitrogens with one attached hydrogen (secondary N) is 1. The van der Waals surface area contributed by atoms with Gasteiger partial charge in [0.05, 0.1) is 6.42 Å². The maximum Gasteiger partial charge on any atom is 0.242 e. The largest absolute Gasteiger partial charge is 0.354 e. The topological polar surface area (TPSA) is 49.4 Å². The molecule has 0 spiro atoms. The van der Waals surface area contributed by atoms with Crippen LogP contribution in [-0.2, 0) is 22.6 Å². The van der Waals surface area contributed by atoms with Crippen molar-refractivity contribution in [3.8, 4) is 0 Å². The summed E-state index contributed by atoms with van der Waals surface area (Å²) in [6.07, 6.45) is 0.761. The highest BCUT2D eigenvalue weighted by Gasteiger charge is 2.28. The van der Waals surface area contributed by atoms with Gasteiger partial charge in [0, 0.05) is 18.1 Å². The third-order valence-corrected chi connectivity index (χ3v) is 5.02. The van der Waals surface area contributed by atoms with Crippen molar-refractivity contribution >= 4 is 23.4 Å². The molecule has 0 bridgehead atoms. The number of aryl methyl sites for hydroxylation is 1. The Labute approximate surface area is 179 Å². The normalized spacial score (nSPS) is 11.9. The first-order valence-electron chi connectivity index (χ1n) is 10.2. The Morgan fingerprint density at radius 3 is 2.34 bits per heavy atom. The molecule has 2 rings (SSSR count). The summed E-state index contributed by atoms with van der Waals surface area (Å²) in [6.45, 7) is 9.06. The lowest BCUT2D eigenvalue weighted by Crippen LogP contribution is -2.50. The Balaban J connectivity index is 2.25. The van der Waals surface area contributed by atoms with Gasteiger partial charge in [-0.25, -0.2) is 0 Å². The van der Waals surface area contributed by atoms with Crippen LogP contribution in [0, 0.1) is 12.8 Å². The fourth-order valence-corrected chi connectivity index (χ4v) is 3.37. The number of carbonyl (C=O) groups excluding carboxylic acids is 2. The minimum Gasteiger partial charge on any atom is -0.354 e. The Morgan fingerprint density at radius 1 is 1.07 bits per heavy atom. The zero-order valence-electron chi connectivity index (χ0n) is 17.7. The van der Waals surface area contributed by atoms with Gasteiger partial charge in [-0.3, -0.25) is 9.59 Å².